The van der Waals surface area contributed by atoms with Gasteiger partial charge in [0.2, 0.25) is 5.89 Å². The molecule has 0 fully saturated rings. The van der Waals surface area contributed by atoms with E-state index in [1.165, 1.54) is 0 Å². The summed E-state index contributed by atoms with van der Waals surface area (Å²) in [5.74, 6) is 0.786. The highest BCUT2D eigenvalue weighted by Crippen LogP contribution is 2.28. The van der Waals surface area contributed by atoms with Gasteiger partial charge in [-0.05, 0) is 24.6 Å². The number of hydrogen-bond donors (Lipinski definition) is 1. The highest BCUT2D eigenvalue weighted by Gasteiger charge is 2.17. The van der Waals surface area contributed by atoms with E-state index in [1.807, 2.05) is 61.5 Å². The Balaban J connectivity index is 1.75. The van der Waals surface area contributed by atoms with Crippen LogP contribution >= 0.6 is 0 Å². The molecular formula is C22H19N5O. The molecule has 6 nitrogen and oxygen atoms in total. The van der Waals surface area contributed by atoms with Crippen LogP contribution in [0.2, 0.25) is 0 Å². The molecule has 4 rings (SSSR count). The van der Waals surface area contributed by atoms with Crippen molar-refractivity contribution in [1.82, 2.24) is 20.2 Å². The van der Waals surface area contributed by atoms with Gasteiger partial charge in [0.05, 0.1) is 17.6 Å². The van der Waals surface area contributed by atoms with E-state index >= 15 is 0 Å². The molecule has 2 aromatic carbocycles. The first-order chi connectivity index (χ1) is 13.6. The van der Waals surface area contributed by atoms with E-state index in [1.54, 1.807) is 6.20 Å². The maximum Gasteiger partial charge on any atom is 0.268 e. The lowest BCUT2D eigenvalue weighted by Crippen LogP contribution is -2.02. The molecule has 6 heteroatoms. The number of allylic oxidation sites excluding steroid dienone is 1. The summed E-state index contributed by atoms with van der Waals surface area (Å²) in [4.78, 5) is 9.25. The first-order valence-electron chi connectivity index (χ1n) is 8.86. The van der Waals surface area contributed by atoms with E-state index in [4.69, 9.17) is 15.1 Å². The second kappa shape index (κ2) is 7.44. The van der Waals surface area contributed by atoms with Crippen molar-refractivity contribution in [2.24, 2.45) is 5.73 Å². The molecule has 0 unspecified atom stereocenters. The lowest BCUT2D eigenvalue weighted by atomic mass is 10.0. The molecule has 0 aliphatic rings. The van der Waals surface area contributed by atoms with Crippen LogP contribution in [0.25, 0.3) is 34.3 Å². The topological polar surface area (TPSA) is 90.7 Å². The highest BCUT2D eigenvalue weighted by molar-refractivity contribution is 5.66. The summed E-state index contributed by atoms with van der Waals surface area (Å²) < 4.78 is 5.86. The molecule has 0 saturated carbocycles. The van der Waals surface area contributed by atoms with Crippen LogP contribution in [0, 0.1) is 6.92 Å². The van der Waals surface area contributed by atoms with Crippen molar-refractivity contribution < 1.29 is 4.42 Å². The Labute approximate surface area is 162 Å². The molecule has 2 aromatic heterocycles. The minimum Gasteiger partial charge on any atom is -0.415 e. The van der Waals surface area contributed by atoms with Crippen molar-refractivity contribution in [3.63, 3.8) is 0 Å². The molecule has 0 aliphatic heterocycles. The third-order valence-corrected chi connectivity index (χ3v) is 4.31. The summed E-state index contributed by atoms with van der Waals surface area (Å²) >= 11 is 0. The molecule has 0 amide bonds. The van der Waals surface area contributed by atoms with Gasteiger partial charge in [0.1, 0.15) is 5.69 Å². The fourth-order valence-corrected chi connectivity index (χ4v) is 2.97. The summed E-state index contributed by atoms with van der Waals surface area (Å²) in [7, 11) is 0. The Bertz CT molecular complexity index is 1130. The van der Waals surface area contributed by atoms with Crippen LogP contribution in [-0.4, -0.2) is 20.2 Å². The lowest BCUT2D eigenvalue weighted by Gasteiger charge is -2.10. The zero-order valence-corrected chi connectivity index (χ0v) is 15.5. The normalized spacial score (nSPS) is 10.8. The Hall–Kier alpha value is -3.80. The summed E-state index contributed by atoms with van der Waals surface area (Å²) in [6.07, 6.45) is 2.31. The Morgan fingerprint density at radius 1 is 1.00 bits per heavy atom. The zero-order chi connectivity index (χ0) is 19.5. The smallest absolute Gasteiger partial charge is 0.268 e. The molecule has 0 atom stereocenters. The SMILES string of the molecule is C=C(N)Cc1ccccc1-c1cnc(C)c(-c2nnc(-c3ccccc3)o2)n1. The molecule has 0 aliphatic carbocycles. The molecule has 0 radical (unpaired) electrons. The van der Waals surface area contributed by atoms with Gasteiger partial charge in [0.15, 0.2) is 0 Å². The zero-order valence-electron chi connectivity index (χ0n) is 15.5. The van der Waals surface area contributed by atoms with Gasteiger partial charge in [0.25, 0.3) is 5.89 Å². The molecule has 138 valence electrons. The monoisotopic (exact) mass is 369 g/mol. The predicted octanol–water partition coefficient (Wildman–Crippen LogP) is 4.18. The van der Waals surface area contributed by atoms with Crippen molar-refractivity contribution in [2.75, 3.05) is 0 Å². The number of aromatic nitrogens is 4. The van der Waals surface area contributed by atoms with Gasteiger partial charge in [-0.2, -0.15) is 0 Å². The maximum absolute atomic E-state index is 5.86. The molecule has 28 heavy (non-hydrogen) atoms. The van der Waals surface area contributed by atoms with Crippen LogP contribution < -0.4 is 5.73 Å². The van der Waals surface area contributed by atoms with E-state index in [2.05, 4.69) is 21.8 Å². The average molecular weight is 369 g/mol. The van der Waals surface area contributed by atoms with Gasteiger partial charge in [-0.25, -0.2) is 4.98 Å². The maximum atomic E-state index is 5.86. The van der Waals surface area contributed by atoms with E-state index < -0.39 is 0 Å². The number of rotatable bonds is 5. The van der Waals surface area contributed by atoms with Crippen LogP contribution in [0.1, 0.15) is 11.3 Å². The largest absolute Gasteiger partial charge is 0.415 e. The molecular weight excluding hydrogens is 350 g/mol. The van der Waals surface area contributed by atoms with E-state index in [0.717, 1.165) is 22.4 Å². The molecule has 2 N–H and O–H groups in total. The van der Waals surface area contributed by atoms with Crippen LogP contribution in [-0.2, 0) is 6.42 Å². The Morgan fingerprint density at radius 3 is 2.50 bits per heavy atom. The van der Waals surface area contributed by atoms with Crippen LogP contribution in [0.15, 0.2) is 77.5 Å². The van der Waals surface area contributed by atoms with Crippen molar-refractivity contribution in [3.8, 4) is 34.3 Å². The molecule has 0 saturated heterocycles. The second-order valence-corrected chi connectivity index (χ2v) is 6.46. The summed E-state index contributed by atoms with van der Waals surface area (Å²) in [5, 5.41) is 8.33. The van der Waals surface area contributed by atoms with Gasteiger partial charge in [-0.3, -0.25) is 4.98 Å². The lowest BCUT2D eigenvalue weighted by molar-refractivity contribution is 0.581. The van der Waals surface area contributed by atoms with Crippen molar-refractivity contribution in [2.45, 2.75) is 13.3 Å². The van der Waals surface area contributed by atoms with Crippen molar-refractivity contribution in [1.29, 1.82) is 0 Å². The Kier molecular flexibility index (Phi) is 4.68. The van der Waals surface area contributed by atoms with E-state index in [-0.39, 0.29) is 0 Å². The Morgan fingerprint density at radius 2 is 1.71 bits per heavy atom. The first-order valence-corrected chi connectivity index (χ1v) is 8.86. The molecule has 2 heterocycles. The molecule has 0 bridgehead atoms. The van der Waals surface area contributed by atoms with Gasteiger partial charge >= 0.3 is 0 Å². The fraction of sp³-hybridized carbons (Fsp3) is 0.0909. The minimum absolute atomic E-state index is 0.339. The second-order valence-electron chi connectivity index (χ2n) is 6.46. The molecule has 4 aromatic rings. The van der Waals surface area contributed by atoms with Gasteiger partial charge in [-0.15, -0.1) is 10.2 Å². The standard InChI is InChI=1S/C22H19N5O/c1-14(23)12-17-10-6-7-11-18(17)19-13-24-15(2)20(25-19)22-27-26-21(28-22)16-8-4-3-5-9-16/h3-11,13H,1,12,23H2,2H3. The summed E-state index contributed by atoms with van der Waals surface area (Å²) in [6.45, 7) is 5.67. The third-order valence-electron chi connectivity index (χ3n) is 4.31. The number of nitrogens with zero attached hydrogens (tertiary/aromatic N) is 4. The molecule has 0 spiro atoms. The number of aryl methyl sites for hydroxylation is 1. The number of hydrogen-bond acceptors (Lipinski definition) is 6. The summed E-state index contributed by atoms with van der Waals surface area (Å²) in [5.41, 5.74) is 11.2. The number of nitrogens with two attached hydrogens (primary N) is 1. The van der Waals surface area contributed by atoms with E-state index in [9.17, 15) is 0 Å². The van der Waals surface area contributed by atoms with Crippen molar-refractivity contribution >= 4 is 0 Å². The predicted molar refractivity (Wildman–Crippen MR) is 108 cm³/mol. The highest BCUT2D eigenvalue weighted by atomic mass is 16.4. The van der Waals surface area contributed by atoms with Gasteiger partial charge in [-0.1, -0.05) is 49.0 Å². The number of benzene rings is 2. The first kappa shape index (κ1) is 17.6. The van der Waals surface area contributed by atoms with Crippen LogP contribution in [0.3, 0.4) is 0 Å². The van der Waals surface area contributed by atoms with Crippen molar-refractivity contribution in [3.05, 3.63) is 84.3 Å². The van der Waals surface area contributed by atoms with Gasteiger partial charge < -0.3 is 10.2 Å². The van der Waals surface area contributed by atoms with E-state index in [0.29, 0.717) is 35.3 Å². The third kappa shape index (κ3) is 3.53. The quantitative estimate of drug-likeness (QED) is 0.567. The minimum atomic E-state index is 0.339. The van der Waals surface area contributed by atoms with Crippen LogP contribution in [0.5, 0.6) is 0 Å². The van der Waals surface area contributed by atoms with Gasteiger partial charge in [0, 0.05) is 23.2 Å². The average Bonchev–Trinajstić information content (AvgIpc) is 3.19. The fourth-order valence-electron chi connectivity index (χ4n) is 2.97. The summed E-state index contributed by atoms with van der Waals surface area (Å²) in [6, 6.07) is 17.5. The van der Waals surface area contributed by atoms with Crippen LogP contribution in [0.4, 0.5) is 0 Å².